The Morgan fingerprint density at radius 3 is 2.42 bits per heavy atom. The summed E-state index contributed by atoms with van der Waals surface area (Å²) in [5.41, 5.74) is 0.576. The molecule has 0 aliphatic rings. The van der Waals surface area contributed by atoms with E-state index in [0.29, 0.717) is 10.7 Å². The van der Waals surface area contributed by atoms with Gasteiger partial charge in [0.2, 0.25) is 0 Å². The van der Waals surface area contributed by atoms with Crippen molar-refractivity contribution in [3.05, 3.63) is 33.8 Å². The minimum Gasteiger partial charge on any atom is -0.468 e. The largest absolute Gasteiger partial charge is 0.468 e. The number of nitrogens with zero attached hydrogens (tertiary/aromatic N) is 1. The van der Waals surface area contributed by atoms with Gasteiger partial charge in [-0.15, -0.1) is 0 Å². The molecule has 1 aromatic rings. The molecule has 6 heteroatoms. The van der Waals surface area contributed by atoms with E-state index in [0.717, 1.165) is 0 Å². The summed E-state index contributed by atoms with van der Waals surface area (Å²) < 4.78 is 4.63. The molecule has 0 aliphatic heterocycles. The average Bonchev–Trinajstić information content (AvgIpc) is 2.38. The lowest BCUT2D eigenvalue weighted by Crippen LogP contribution is -2.31. The van der Waals surface area contributed by atoms with Crippen molar-refractivity contribution in [2.24, 2.45) is 10.9 Å². The van der Waals surface area contributed by atoms with E-state index in [4.69, 9.17) is 23.2 Å². The number of carbonyl (C=O) groups is 2. The first-order valence-electron chi connectivity index (χ1n) is 5.42. The molecular formula is C13H13Cl2NO3. The first-order chi connectivity index (χ1) is 8.92. The zero-order valence-corrected chi connectivity index (χ0v) is 12.2. The van der Waals surface area contributed by atoms with Gasteiger partial charge in [-0.3, -0.25) is 14.6 Å². The van der Waals surface area contributed by atoms with Gasteiger partial charge in [-0.05, 0) is 25.1 Å². The van der Waals surface area contributed by atoms with E-state index >= 15 is 0 Å². The molecule has 0 aromatic heterocycles. The Kier molecular flexibility index (Phi) is 5.51. The van der Waals surface area contributed by atoms with Gasteiger partial charge in [-0.1, -0.05) is 23.2 Å². The minimum atomic E-state index is -1.09. The van der Waals surface area contributed by atoms with Crippen LogP contribution >= 0.6 is 23.2 Å². The highest BCUT2D eigenvalue weighted by Crippen LogP contribution is 2.24. The Labute approximate surface area is 121 Å². The number of Topliss-reactive ketones (excluding diaryl/α,β-unsaturated/α-hetero) is 1. The highest BCUT2D eigenvalue weighted by atomic mass is 35.5. The average molecular weight is 302 g/mol. The number of hydrogen-bond donors (Lipinski definition) is 0. The number of carbonyl (C=O) groups excluding carboxylic acids is 2. The molecule has 0 saturated carbocycles. The van der Waals surface area contributed by atoms with Crippen molar-refractivity contribution >= 4 is 40.7 Å². The Morgan fingerprint density at radius 1 is 1.32 bits per heavy atom. The number of aliphatic imine (C=N–C) groups is 1. The molecule has 0 saturated heterocycles. The molecule has 1 rings (SSSR count). The van der Waals surface area contributed by atoms with Gasteiger partial charge in [0.25, 0.3) is 0 Å². The maximum Gasteiger partial charge on any atom is 0.322 e. The minimum absolute atomic E-state index is 0.190. The second kappa shape index (κ2) is 6.68. The molecule has 1 atom stereocenters. The Balaban J connectivity index is 3.23. The Hall–Kier alpha value is -1.39. The van der Waals surface area contributed by atoms with Crippen LogP contribution in [-0.4, -0.2) is 31.6 Å². The Morgan fingerprint density at radius 2 is 1.95 bits per heavy atom. The van der Waals surface area contributed by atoms with Gasteiger partial charge in [-0.25, -0.2) is 0 Å². The number of rotatable bonds is 4. The summed E-state index contributed by atoms with van der Waals surface area (Å²) in [5, 5.41) is 0.604. The van der Waals surface area contributed by atoms with Crippen molar-refractivity contribution in [2.45, 2.75) is 6.92 Å². The van der Waals surface area contributed by atoms with Crippen molar-refractivity contribution in [3.63, 3.8) is 0 Å². The van der Waals surface area contributed by atoms with Crippen LogP contribution in [0.1, 0.15) is 17.3 Å². The molecular weight excluding hydrogens is 289 g/mol. The summed E-state index contributed by atoms with van der Waals surface area (Å²) >= 11 is 11.7. The molecule has 19 heavy (non-hydrogen) atoms. The standard InChI is InChI=1S/C13H13Cl2NO3/c1-7(16-2)11(13(18)19-3)12(17)9-5-4-8(14)6-10(9)15/h4-6,11H,1-3H3. The maximum absolute atomic E-state index is 12.4. The van der Waals surface area contributed by atoms with Crippen LogP contribution in [0, 0.1) is 5.92 Å². The molecule has 0 bridgehead atoms. The molecule has 0 aliphatic carbocycles. The van der Waals surface area contributed by atoms with E-state index in [9.17, 15) is 9.59 Å². The third kappa shape index (κ3) is 3.55. The molecule has 0 fully saturated rings. The quantitative estimate of drug-likeness (QED) is 0.372. The van der Waals surface area contributed by atoms with Crippen molar-refractivity contribution in [1.29, 1.82) is 0 Å². The molecule has 1 unspecified atom stereocenters. The number of methoxy groups -OCH3 is 1. The van der Waals surface area contributed by atoms with E-state index in [1.807, 2.05) is 0 Å². The summed E-state index contributed by atoms with van der Waals surface area (Å²) in [7, 11) is 2.72. The Bertz CT molecular complexity index is 541. The predicted molar refractivity (Wildman–Crippen MR) is 75.3 cm³/mol. The van der Waals surface area contributed by atoms with Crippen LogP contribution in [-0.2, 0) is 9.53 Å². The van der Waals surface area contributed by atoms with Gasteiger partial charge in [-0.2, -0.15) is 0 Å². The number of esters is 1. The van der Waals surface area contributed by atoms with Crippen LogP contribution in [0.25, 0.3) is 0 Å². The number of ether oxygens (including phenoxy) is 1. The molecule has 1 aromatic carbocycles. The SMILES string of the molecule is CN=C(C)C(C(=O)OC)C(=O)c1ccc(Cl)cc1Cl. The van der Waals surface area contributed by atoms with Crippen molar-refractivity contribution in [3.8, 4) is 0 Å². The molecule has 0 amide bonds. The van der Waals surface area contributed by atoms with Crippen LogP contribution in [0.5, 0.6) is 0 Å². The summed E-state index contributed by atoms with van der Waals surface area (Å²) in [5.74, 6) is -2.22. The van der Waals surface area contributed by atoms with Gasteiger partial charge in [0, 0.05) is 23.3 Å². The van der Waals surface area contributed by atoms with Gasteiger partial charge >= 0.3 is 5.97 Å². The first-order valence-corrected chi connectivity index (χ1v) is 6.18. The summed E-state index contributed by atoms with van der Waals surface area (Å²) in [4.78, 5) is 28.0. The second-order valence-corrected chi connectivity index (χ2v) is 4.65. The highest BCUT2D eigenvalue weighted by molar-refractivity contribution is 6.38. The smallest absolute Gasteiger partial charge is 0.322 e. The molecule has 0 radical (unpaired) electrons. The van der Waals surface area contributed by atoms with Crippen LogP contribution in [0.3, 0.4) is 0 Å². The zero-order valence-electron chi connectivity index (χ0n) is 10.7. The van der Waals surface area contributed by atoms with E-state index in [1.54, 1.807) is 6.92 Å². The maximum atomic E-state index is 12.4. The fourth-order valence-electron chi connectivity index (χ4n) is 1.56. The van der Waals surface area contributed by atoms with Crippen LogP contribution in [0.4, 0.5) is 0 Å². The van der Waals surface area contributed by atoms with Crippen molar-refractivity contribution < 1.29 is 14.3 Å². The molecule has 4 nitrogen and oxygen atoms in total. The van der Waals surface area contributed by atoms with Crippen molar-refractivity contribution in [2.75, 3.05) is 14.2 Å². The summed E-state index contributed by atoms with van der Waals surface area (Å²) in [6.07, 6.45) is 0. The van der Waals surface area contributed by atoms with Gasteiger partial charge in [0.1, 0.15) is 0 Å². The molecule has 102 valence electrons. The van der Waals surface area contributed by atoms with E-state index in [1.165, 1.54) is 32.4 Å². The third-order valence-corrected chi connectivity index (χ3v) is 3.21. The number of benzene rings is 1. The lowest BCUT2D eigenvalue weighted by atomic mass is 9.93. The lowest BCUT2D eigenvalue weighted by molar-refractivity contribution is -0.141. The third-order valence-electron chi connectivity index (χ3n) is 2.67. The van der Waals surface area contributed by atoms with E-state index < -0.39 is 17.7 Å². The predicted octanol–water partition coefficient (Wildman–Crippen LogP) is 3.06. The van der Waals surface area contributed by atoms with E-state index in [-0.39, 0.29) is 10.6 Å². The van der Waals surface area contributed by atoms with Gasteiger partial charge in [0.05, 0.1) is 12.1 Å². The summed E-state index contributed by atoms with van der Waals surface area (Å²) in [6.45, 7) is 1.59. The van der Waals surface area contributed by atoms with Crippen LogP contribution in [0.15, 0.2) is 23.2 Å². The summed E-state index contributed by atoms with van der Waals surface area (Å²) in [6, 6.07) is 4.46. The topological polar surface area (TPSA) is 55.7 Å². The first kappa shape index (κ1) is 15.7. The number of hydrogen-bond acceptors (Lipinski definition) is 4. The monoisotopic (exact) mass is 301 g/mol. The molecule has 0 spiro atoms. The van der Waals surface area contributed by atoms with Gasteiger partial charge < -0.3 is 4.74 Å². The highest BCUT2D eigenvalue weighted by Gasteiger charge is 2.32. The molecule has 0 N–H and O–H groups in total. The fraction of sp³-hybridized carbons (Fsp3) is 0.308. The second-order valence-electron chi connectivity index (χ2n) is 3.81. The lowest BCUT2D eigenvalue weighted by Gasteiger charge is -2.14. The van der Waals surface area contributed by atoms with Gasteiger partial charge in [0.15, 0.2) is 11.7 Å². The number of halogens is 2. The van der Waals surface area contributed by atoms with Crippen LogP contribution < -0.4 is 0 Å². The number of ketones is 1. The molecule has 0 heterocycles. The van der Waals surface area contributed by atoms with Crippen molar-refractivity contribution in [1.82, 2.24) is 0 Å². The fourth-order valence-corrected chi connectivity index (χ4v) is 2.06. The van der Waals surface area contributed by atoms with Crippen LogP contribution in [0.2, 0.25) is 10.0 Å². The normalized spacial score (nSPS) is 13.0. The zero-order chi connectivity index (χ0) is 14.6. The van der Waals surface area contributed by atoms with E-state index in [2.05, 4.69) is 9.73 Å².